The molecule has 1 unspecified atom stereocenters. The summed E-state index contributed by atoms with van der Waals surface area (Å²) < 4.78 is 0. The first-order valence-corrected chi connectivity index (χ1v) is 5.97. The smallest absolute Gasteiger partial charge is 0.120 e. The molecule has 0 aliphatic heterocycles. The fourth-order valence-electron chi connectivity index (χ4n) is 1.66. The van der Waals surface area contributed by atoms with Gasteiger partial charge >= 0.3 is 0 Å². The Morgan fingerprint density at radius 2 is 1.79 bits per heavy atom. The van der Waals surface area contributed by atoms with Crippen molar-refractivity contribution in [3.05, 3.63) is 54.1 Å². The zero-order valence-electron chi connectivity index (χ0n) is 10.6. The molecule has 1 aromatic heterocycles. The van der Waals surface area contributed by atoms with Crippen LogP contribution in [-0.4, -0.2) is 20.5 Å². The molecule has 3 rings (SSSR count). The molecule has 4 N–H and O–H groups in total. The first-order chi connectivity index (χ1) is 9.18. The highest BCUT2D eigenvalue weighted by Gasteiger charge is 2.02. The molecule has 5 heteroatoms. The van der Waals surface area contributed by atoms with E-state index in [1.807, 2.05) is 43.3 Å². The van der Waals surface area contributed by atoms with Gasteiger partial charge in [0.25, 0.3) is 0 Å². The number of nitrogens with one attached hydrogen (secondary N) is 1. The van der Waals surface area contributed by atoms with Crippen LogP contribution in [0.1, 0.15) is 18.5 Å². The number of nitrogens with zero attached hydrogens (tertiary/aromatic N) is 2. The predicted octanol–water partition coefficient (Wildman–Crippen LogP) is 2.37. The summed E-state index contributed by atoms with van der Waals surface area (Å²) in [7, 11) is 0. The largest absolute Gasteiger partial charge is 0.508 e. The summed E-state index contributed by atoms with van der Waals surface area (Å²) in [5, 5.41) is 19.4. The number of phenolic OH excluding ortho intramolecular Hbond substituents is 1. The Kier molecular flexibility index (Phi) is 4.10. The van der Waals surface area contributed by atoms with Crippen molar-refractivity contribution < 1.29 is 5.11 Å². The summed E-state index contributed by atoms with van der Waals surface area (Å²) in [6, 6.07) is 14.7. The van der Waals surface area contributed by atoms with Crippen molar-refractivity contribution in [3.63, 3.8) is 0 Å². The molecule has 0 aliphatic carbocycles. The van der Waals surface area contributed by atoms with Crippen molar-refractivity contribution in [1.29, 1.82) is 0 Å². The number of aromatic nitrogens is 3. The maximum atomic E-state index is 9.20. The summed E-state index contributed by atoms with van der Waals surface area (Å²) in [6.07, 6.45) is 0. The van der Waals surface area contributed by atoms with E-state index in [1.54, 1.807) is 12.1 Å². The number of H-pyrrole nitrogens is 1. The van der Waals surface area contributed by atoms with E-state index >= 15 is 0 Å². The van der Waals surface area contributed by atoms with Gasteiger partial charge in [-0.3, -0.25) is 5.10 Å². The first kappa shape index (κ1) is 13.0. The monoisotopic (exact) mass is 256 g/mol. The molecule has 0 saturated carbocycles. The van der Waals surface area contributed by atoms with E-state index in [-0.39, 0.29) is 11.8 Å². The minimum absolute atomic E-state index is 0.0961. The lowest BCUT2D eigenvalue weighted by molar-refractivity contribution is 0.464. The van der Waals surface area contributed by atoms with Crippen LogP contribution in [0.3, 0.4) is 0 Å². The predicted molar refractivity (Wildman–Crippen MR) is 74.6 cm³/mol. The highest BCUT2D eigenvalue weighted by atomic mass is 16.3. The SMILES string of the molecule is CC(N)c1ccccc1O.c1ccc2[nH]nnc2c1. The molecule has 98 valence electrons. The van der Waals surface area contributed by atoms with Gasteiger partial charge in [0.05, 0.1) is 5.52 Å². The Morgan fingerprint density at radius 1 is 1.11 bits per heavy atom. The third-order valence-electron chi connectivity index (χ3n) is 2.66. The molecule has 1 heterocycles. The van der Waals surface area contributed by atoms with Crippen molar-refractivity contribution in [3.8, 4) is 5.75 Å². The van der Waals surface area contributed by atoms with Crippen molar-refractivity contribution in [2.24, 2.45) is 5.73 Å². The average Bonchev–Trinajstić information content (AvgIpc) is 2.88. The molecule has 2 aromatic carbocycles. The molecule has 1 atom stereocenters. The van der Waals surface area contributed by atoms with Crippen LogP contribution in [0.4, 0.5) is 0 Å². The molecule has 0 amide bonds. The van der Waals surface area contributed by atoms with E-state index in [4.69, 9.17) is 5.73 Å². The van der Waals surface area contributed by atoms with Gasteiger partial charge in [-0.05, 0) is 25.1 Å². The lowest BCUT2D eigenvalue weighted by Gasteiger charge is -2.06. The highest BCUT2D eigenvalue weighted by molar-refractivity contribution is 5.72. The summed E-state index contributed by atoms with van der Waals surface area (Å²) in [4.78, 5) is 0. The van der Waals surface area contributed by atoms with Crippen molar-refractivity contribution in [1.82, 2.24) is 15.4 Å². The third-order valence-corrected chi connectivity index (χ3v) is 2.66. The summed E-state index contributed by atoms with van der Waals surface area (Å²) in [5.41, 5.74) is 8.25. The van der Waals surface area contributed by atoms with E-state index in [1.165, 1.54) is 0 Å². The molecule has 0 aliphatic rings. The Morgan fingerprint density at radius 3 is 2.42 bits per heavy atom. The molecule has 0 bridgehead atoms. The number of nitrogens with two attached hydrogens (primary N) is 1. The number of para-hydroxylation sites is 2. The zero-order valence-corrected chi connectivity index (χ0v) is 10.6. The summed E-state index contributed by atoms with van der Waals surface area (Å²) in [6.45, 7) is 1.84. The molecule has 0 radical (unpaired) electrons. The Labute approximate surface area is 111 Å². The second-order valence-corrected chi connectivity index (χ2v) is 4.18. The maximum absolute atomic E-state index is 9.20. The Hall–Kier alpha value is -2.40. The van der Waals surface area contributed by atoms with E-state index in [2.05, 4.69) is 15.4 Å². The Bertz CT molecular complexity index is 618. The number of fused-ring (bicyclic) bond motifs is 1. The molecule has 0 spiro atoms. The zero-order chi connectivity index (χ0) is 13.7. The van der Waals surface area contributed by atoms with Gasteiger partial charge in [0, 0.05) is 11.6 Å². The number of hydrogen-bond donors (Lipinski definition) is 3. The molecule has 0 saturated heterocycles. The van der Waals surface area contributed by atoms with Gasteiger partial charge in [0.1, 0.15) is 11.3 Å². The molecular formula is C14H16N4O. The molecule has 5 nitrogen and oxygen atoms in total. The fourth-order valence-corrected chi connectivity index (χ4v) is 1.66. The molecule has 3 aromatic rings. The van der Waals surface area contributed by atoms with Gasteiger partial charge in [-0.1, -0.05) is 35.5 Å². The van der Waals surface area contributed by atoms with Gasteiger partial charge in [0.15, 0.2) is 0 Å². The third kappa shape index (κ3) is 3.29. The van der Waals surface area contributed by atoms with Gasteiger partial charge in [-0.15, -0.1) is 5.10 Å². The van der Waals surface area contributed by atoms with Crippen LogP contribution in [0.5, 0.6) is 5.75 Å². The number of rotatable bonds is 1. The van der Waals surface area contributed by atoms with E-state index in [0.717, 1.165) is 16.6 Å². The second-order valence-electron chi connectivity index (χ2n) is 4.18. The number of aromatic amines is 1. The minimum Gasteiger partial charge on any atom is -0.508 e. The average molecular weight is 256 g/mol. The quantitative estimate of drug-likeness (QED) is 0.623. The molecule has 0 fully saturated rings. The fraction of sp³-hybridized carbons (Fsp3) is 0.143. The van der Waals surface area contributed by atoms with Crippen LogP contribution in [-0.2, 0) is 0 Å². The van der Waals surface area contributed by atoms with Gasteiger partial charge in [-0.25, -0.2) is 0 Å². The van der Waals surface area contributed by atoms with E-state index in [0.29, 0.717) is 0 Å². The lowest BCUT2D eigenvalue weighted by atomic mass is 10.1. The lowest BCUT2D eigenvalue weighted by Crippen LogP contribution is -2.04. The van der Waals surface area contributed by atoms with Crippen LogP contribution >= 0.6 is 0 Å². The highest BCUT2D eigenvalue weighted by Crippen LogP contribution is 2.20. The number of hydrogen-bond acceptors (Lipinski definition) is 4. The number of phenols is 1. The number of benzene rings is 2. The van der Waals surface area contributed by atoms with E-state index in [9.17, 15) is 5.11 Å². The van der Waals surface area contributed by atoms with Crippen LogP contribution < -0.4 is 5.73 Å². The summed E-state index contributed by atoms with van der Waals surface area (Å²) in [5.74, 6) is 0.275. The van der Waals surface area contributed by atoms with Crippen LogP contribution in [0, 0.1) is 0 Å². The van der Waals surface area contributed by atoms with Crippen LogP contribution in [0.2, 0.25) is 0 Å². The van der Waals surface area contributed by atoms with Crippen molar-refractivity contribution in [2.45, 2.75) is 13.0 Å². The Balaban J connectivity index is 0.000000141. The normalized spacial score (nSPS) is 11.7. The van der Waals surface area contributed by atoms with Crippen LogP contribution in [0.25, 0.3) is 11.0 Å². The minimum atomic E-state index is -0.0961. The first-order valence-electron chi connectivity index (χ1n) is 5.97. The number of aromatic hydroxyl groups is 1. The van der Waals surface area contributed by atoms with Crippen molar-refractivity contribution >= 4 is 11.0 Å². The summed E-state index contributed by atoms with van der Waals surface area (Å²) >= 11 is 0. The van der Waals surface area contributed by atoms with Crippen molar-refractivity contribution in [2.75, 3.05) is 0 Å². The topological polar surface area (TPSA) is 87.8 Å². The second kappa shape index (κ2) is 5.97. The van der Waals surface area contributed by atoms with Gasteiger partial charge in [-0.2, -0.15) is 0 Å². The molecule has 19 heavy (non-hydrogen) atoms. The van der Waals surface area contributed by atoms with Gasteiger partial charge in [0.2, 0.25) is 0 Å². The maximum Gasteiger partial charge on any atom is 0.120 e. The van der Waals surface area contributed by atoms with Crippen LogP contribution in [0.15, 0.2) is 48.5 Å². The van der Waals surface area contributed by atoms with E-state index < -0.39 is 0 Å². The standard InChI is InChI=1S/C8H11NO.C6H5N3/c1-6(9)7-4-2-3-5-8(7)10;1-2-4-6-5(3-1)7-9-8-6/h2-6,10H,9H2,1H3;1-4H,(H,7,8,9). The molecular weight excluding hydrogens is 240 g/mol. The van der Waals surface area contributed by atoms with Gasteiger partial charge < -0.3 is 10.8 Å².